The van der Waals surface area contributed by atoms with Gasteiger partial charge in [0.15, 0.2) is 5.16 Å². The first-order valence-corrected chi connectivity index (χ1v) is 9.69. The first-order chi connectivity index (χ1) is 12.9. The Morgan fingerprint density at radius 2 is 2.22 bits per heavy atom. The van der Waals surface area contributed by atoms with Crippen molar-refractivity contribution in [1.29, 1.82) is 0 Å². The van der Waals surface area contributed by atoms with Gasteiger partial charge in [0.2, 0.25) is 0 Å². The predicted octanol–water partition coefficient (Wildman–Crippen LogP) is 3.99. The van der Waals surface area contributed by atoms with Crippen LogP contribution in [-0.4, -0.2) is 28.2 Å². The zero-order valence-electron chi connectivity index (χ0n) is 14.9. The minimum atomic E-state index is -0.593. The number of ether oxygens (including phenoxy) is 1. The van der Waals surface area contributed by atoms with Crippen LogP contribution in [0.25, 0.3) is 16.3 Å². The van der Waals surface area contributed by atoms with E-state index >= 15 is 0 Å². The van der Waals surface area contributed by atoms with Crippen LogP contribution in [0.4, 0.5) is 5.88 Å². The molecule has 0 fully saturated rings. The molecule has 0 amide bonds. The lowest BCUT2D eigenvalue weighted by Gasteiger charge is -2.10. The summed E-state index contributed by atoms with van der Waals surface area (Å²) in [7, 11) is 1.58. The number of thiophene rings is 1. The predicted molar refractivity (Wildman–Crippen MR) is 105 cm³/mol. The molecule has 0 spiro atoms. The van der Waals surface area contributed by atoms with E-state index < -0.39 is 4.92 Å². The Hall–Kier alpha value is -2.43. The highest BCUT2D eigenvalue weighted by Gasteiger charge is 2.16. The number of furan rings is 1. The van der Waals surface area contributed by atoms with Gasteiger partial charge >= 0.3 is 5.88 Å². The van der Waals surface area contributed by atoms with Gasteiger partial charge < -0.3 is 9.15 Å². The van der Waals surface area contributed by atoms with Crippen LogP contribution in [0.1, 0.15) is 16.2 Å². The molecule has 0 aromatic carbocycles. The lowest BCUT2D eigenvalue weighted by Crippen LogP contribution is -2.25. The molecule has 0 bridgehead atoms. The van der Waals surface area contributed by atoms with Crippen molar-refractivity contribution in [3.63, 3.8) is 0 Å². The Balaban J connectivity index is 1.95. The molecule has 0 radical (unpaired) electrons. The summed E-state index contributed by atoms with van der Waals surface area (Å²) in [6, 6.07) is 2.80. The van der Waals surface area contributed by atoms with Crippen LogP contribution in [0.3, 0.4) is 0 Å². The van der Waals surface area contributed by atoms with E-state index in [9.17, 15) is 14.9 Å². The molecular formula is C17H17N3O5S2. The van der Waals surface area contributed by atoms with Gasteiger partial charge in [0.05, 0.1) is 24.6 Å². The van der Waals surface area contributed by atoms with Gasteiger partial charge in [-0.15, -0.1) is 11.3 Å². The summed E-state index contributed by atoms with van der Waals surface area (Å²) < 4.78 is 11.8. The number of rotatable bonds is 7. The summed E-state index contributed by atoms with van der Waals surface area (Å²) in [5.74, 6) is 0.0320. The standard InChI is InChI=1S/C17H17N3O5S2/c1-10-11(2)27-15-14(10)16(21)19(7-8-24-3)17(18-15)26-9-6-12-4-5-13(25-12)20(22)23/h4-6,9H,7-8H2,1-3H3/b9-6+. The van der Waals surface area contributed by atoms with Crippen molar-refractivity contribution < 1.29 is 14.1 Å². The Bertz CT molecular complexity index is 1080. The van der Waals surface area contributed by atoms with Crippen LogP contribution in [0, 0.1) is 24.0 Å². The van der Waals surface area contributed by atoms with Gasteiger partial charge in [0, 0.05) is 12.0 Å². The van der Waals surface area contributed by atoms with E-state index in [-0.39, 0.29) is 11.4 Å². The van der Waals surface area contributed by atoms with Crippen LogP contribution in [0.5, 0.6) is 0 Å². The minimum Gasteiger partial charge on any atom is -0.401 e. The van der Waals surface area contributed by atoms with E-state index in [2.05, 4.69) is 4.98 Å². The highest BCUT2D eigenvalue weighted by atomic mass is 32.2. The van der Waals surface area contributed by atoms with Crippen molar-refractivity contribution in [2.24, 2.45) is 0 Å². The van der Waals surface area contributed by atoms with Gasteiger partial charge in [-0.05, 0) is 37.0 Å². The number of methoxy groups -OCH3 is 1. The molecule has 3 rings (SSSR count). The van der Waals surface area contributed by atoms with E-state index in [1.807, 2.05) is 13.8 Å². The second kappa shape index (κ2) is 8.07. The number of nitrogens with zero attached hydrogens (tertiary/aromatic N) is 3. The Morgan fingerprint density at radius 3 is 2.89 bits per heavy atom. The van der Waals surface area contributed by atoms with Gasteiger partial charge in [-0.25, -0.2) is 4.98 Å². The van der Waals surface area contributed by atoms with Crippen molar-refractivity contribution in [3.05, 3.63) is 54.2 Å². The summed E-state index contributed by atoms with van der Waals surface area (Å²) >= 11 is 2.74. The van der Waals surface area contributed by atoms with Gasteiger partial charge in [0.1, 0.15) is 15.5 Å². The van der Waals surface area contributed by atoms with Crippen LogP contribution < -0.4 is 5.56 Å². The number of fused-ring (bicyclic) bond motifs is 1. The average molecular weight is 407 g/mol. The summed E-state index contributed by atoms with van der Waals surface area (Å²) in [5, 5.41) is 13.5. The van der Waals surface area contributed by atoms with Crippen LogP contribution in [0.15, 0.2) is 31.9 Å². The zero-order valence-corrected chi connectivity index (χ0v) is 16.6. The number of hydrogen-bond donors (Lipinski definition) is 0. The summed E-state index contributed by atoms with van der Waals surface area (Å²) in [4.78, 5) is 29.4. The Labute approximate surface area is 162 Å². The lowest BCUT2D eigenvalue weighted by molar-refractivity contribution is -0.402. The van der Waals surface area contributed by atoms with E-state index in [4.69, 9.17) is 9.15 Å². The smallest absolute Gasteiger partial charge is 0.401 e. The normalized spacial score (nSPS) is 11.7. The van der Waals surface area contributed by atoms with Crippen LogP contribution in [-0.2, 0) is 11.3 Å². The molecule has 3 aromatic heterocycles. The maximum Gasteiger partial charge on any atom is 0.433 e. The minimum absolute atomic E-state index is 0.0940. The third kappa shape index (κ3) is 3.97. The van der Waals surface area contributed by atoms with Gasteiger partial charge in [-0.1, -0.05) is 11.8 Å². The van der Waals surface area contributed by atoms with Gasteiger partial charge in [0.25, 0.3) is 5.56 Å². The van der Waals surface area contributed by atoms with Gasteiger partial charge in [-0.2, -0.15) is 0 Å². The molecule has 3 aromatic rings. The largest absolute Gasteiger partial charge is 0.433 e. The van der Waals surface area contributed by atoms with E-state index in [1.165, 1.54) is 35.2 Å². The van der Waals surface area contributed by atoms with Crippen LogP contribution in [0.2, 0.25) is 0 Å². The van der Waals surface area contributed by atoms with Crippen molar-refractivity contribution in [2.45, 2.75) is 25.5 Å². The molecule has 10 heteroatoms. The second-order valence-corrected chi connectivity index (χ2v) is 7.74. The molecular weight excluding hydrogens is 390 g/mol. The first kappa shape index (κ1) is 19.3. The lowest BCUT2D eigenvalue weighted by atomic mass is 10.2. The van der Waals surface area contributed by atoms with E-state index in [1.54, 1.807) is 23.2 Å². The Morgan fingerprint density at radius 1 is 1.44 bits per heavy atom. The number of nitro groups is 1. The number of thioether (sulfide) groups is 1. The third-order valence-corrected chi connectivity index (χ3v) is 5.87. The molecule has 0 N–H and O–H groups in total. The highest BCUT2D eigenvalue weighted by Crippen LogP contribution is 2.29. The number of hydrogen-bond acceptors (Lipinski definition) is 8. The van der Waals surface area contributed by atoms with Crippen molar-refractivity contribution in [2.75, 3.05) is 13.7 Å². The maximum absolute atomic E-state index is 12.9. The molecule has 3 heterocycles. The van der Waals surface area contributed by atoms with Crippen LogP contribution >= 0.6 is 23.1 Å². The van der Waals surface area contributed by atoms with E-state index in [0.29, 0.717) is 34.3 Å². The molecule has 0 aliphatic carbocycles. The third-order valence-electron chi connectivity index (χ3n) is 3.97. The average Bonchev–Trinajstić information content (AvgIpc) is 3.20. The van der Waals surface area contributed by atoms with Crippen molar-refractivity contribution in [3.8, 4) is 0 Å². The Kier molecular flexibility index (Phi) is 5.78. The summed E-state index contributed by atoms with van der Waals surface area (Å²) in [6.45, 7) is 4.66. The first-order valence-electron chi connectivity index (χ1n) is 7.99. The summed E-state index contributed by atoms with van der Waals surface area (Å²) in [6.07, 6.45) is 1.60. The van der Waals surface area contributed by atoms with E-state index in [0.717, 1.165) is 10.4 Å². The van der Waals surface area contributed by atoms with Gasteiger partial charge in [-0.3, -0.25) is 19.5 Å². The quantitative estimate of drug-likeness (QED) is 0.253. The molecule has 27 heavy (non-hydrogen) atoms. The fourth-order valence-electron chi connectivity index (χ4n) is 2.47. The van der Waals surface area contributed by atoms with Crippen molar-refractivity contribution in [1.82, 2.24) is 9.55 Å². The summed E-state index contributed by atoms with van der Waals surface area (Å²) in [5.41, 5.74) is 0.858. The molecule has 0 atom stereocenters. The molecule has 8 nitrogen and oxygen atoms in total. The number of aromatic nitrogens is 2. The fourth-order valence-corrected chi connectivity index (χ4v) is 4.32. The number of aryl methyl sites for hydroxylation is 2. The molecule has 0 unspecified atom stereocenters. The molecule has 142 valence electrons. The zero-order chi connectivity index (χ0) is 19.6. The fraction of sp³-hybridized carbons (Fsp3) is 0.294. The SMILES string of the molecule is COCCn1c(S/C=C/c2ccc([N+](=O)[O-])o2)nc2sc(C)c(C)c2c1=O. The van der Waals surface area contributed by atoms with Crippen molar-refractivity contribution >= 4 is 45.3 Å². The topological polar surface area (TPSA) is 100 Å². The maximum atomic E-state index is 12.9. The molecule has 0 saturated heterocycles. The highest BCUT2D eigenvalue weighted by molar-refractivity contribution is 8.02. The molecule has 0 saturated carbocycles. The second-order valence-electron chi connectivity index (χ2n) is 5.66. The molecule has 0 aliphatic heterocycles. The monoisotopic (exact) mass is 407 g/mol. The molecule has 0 aliphatic rings.